The Balaban J connectivity index is 1.59. The maximum Gasteiger partial charge on any atom is 0.328 e. The third-order valence-corrected chi connectivity index (χ3v) is 4.63. The van der Waals surface area contributed by atoms with E-state index in [1.54, 1.807) is 36.4 Å². The molecular formula is C22H24N4O5. The number of hydrogen-bond donors (Lipinski definition) is 1. The number of para-hydroxylation sites is 1. The van der Waals surface area contributed by atoms with E-state index in [1.165, 1.54) is 22.9 Å². The molecule has 3 aromatic rings. The number of ether oxygens (including phenoxy) is 1. The molecule has 3 rings (SSSR count). The summed E-state index contributed by atoms with van der Waals surface area (Å²) in [5.41, 5.74) is 2.34. The lowest BCUT2D eigenvalue weighted by Gasteiger charge is -2.20. The van der Waals surface area contributed by atoms with Gasteiger partial charge in [0, 0.05) is 12.7 Å². The highest BCUT2D eigenvalue weighted by Crippen LogP contribution is 2.19. The fraction of sp³-hybridized carbons (Fsp3) is 0.273. The van der Waals surface area contributed by atoms with Crippen molar-refractivity contribution in [3.63, 3.8) is 0 Å². The zero-order chi connectivity index (χ0) is 22.4. The maximum absolute atomic E-state index is 12.6. The van der Waals surface area contributed by atoms with Crippen molar-refractivity contribution in [3.05, 3.63) is 71.4 Å². The predicted octanol–water partition coefficient (Wildman–Crippen LogP) is 2.23. The Morgan fingerprint density at radius 1 is 1.16 bits per heavy atom. The third-order valence-electron chi connectivity index (χ3n) is 4.63. The second-order valence-corrected chi connectivity index (χ2v) is 6.98. The Kier molecular flexibility index (Phi) is 6.86. The molecule has 9 heteroatoms. The second-order valence-electron chi connectivity index (χ2n) is 6.98. The molecule has 2 aromatic heterocycles. The lowest BCUT2D eigenvalue weighted by atomic mass is 10.1. The van der Waals surface area contributed by atoms with Gasteiger partial charge in [0.2, 0.25) is 0 Å². The van der Waals surface area contributed by atoms with E-state index in [-0.39, 0.29) is 19.0 Å². The van der Waals surface area contributed by atoms with E-state index >= 15 is 0 Å². The van der Waals surface area contributed by atoms with Crippen molar-refractivity contribution < 1.29 is 23.5 Å². The molecule has 0 aliphatic heterocycles. The lowest BCUT2D eigenvalue weighted by Crippen LogP contribution is -2.34. The van der Waals surface area contributed by atoms with Crippen LogP contribution in [0.5, 0.6) is 0 Å². The summed E-state index contributed by atoms with van der Waals surface area (Å²) in [6.45, 7) is 3.36. The topological polar surface area (TPSA) is 107 Å². The van der Waals surface area contributed by atoms with Gasteiger partial charge in [-0.05, 0) is 44.2 Å². The number of aromatic nitrogens is 2. The number of likely N-dealkylation sites (N-methyl/N-ethyl adjacent to an activating group) is 1. The van der Waals surface area contributed by atoms with Gasteiger partial charge >= 0.3 is 5.97 Å². The second kappa shape index (κ2) is 9.75. The number of amides is 2. The summed E-state index contributed by atoms with van der Waals surface area (Å²) < 4.78 is 11.8. The van der Waals surface area contributed by atoms with Gasteiger partial charge in [-0.15, -0.1) is 0 Å². The maximum atomic E-state index is 12.6. The molecular weight excluding hydrogens is 400 g/mol. The fourth-order valence-corrected chi connectivity index (χ4v) is 3.01. The van der Waals surface area contributed by atoms with Crippen LogP contribution in [0.1, 0.15) is 27.5 Å². The molecule has 0 unspecified atom stereocenters. The van der Waals surface area contributed by atoms with Crippen molar-refractivity contribution in [2.75, 3.05) is 18.6 Å². The van der Waals surface area contributed by atoms with Crippen LogP contribution in [0.25, 0.3) is 0 Å². The molecule has 162 valence electrons. The highest BCUT2D eigenvalue weighted by Gasteiger charge is 2.20. The molecule has 1 N–H and O–H groups in total. The molecule has 0 fully saturated rings. The summed E-state index contributed by atoms with van der Waals surface area (Å²) in [4.78, 5) is 38.5. The van der Waals surface area contributed by atoms with E-state index in [4.69, 9.17) is 9.15 Å². The zero-order valence-corrected chi connectivity index (χ0v) is 17.6. The standard InChI is InChI=1S/C22H24N4O5/c1-15-11-16(2)26(24-15)13-21(28)31-14-20(27)25(3)19-9-5-4-8-18(19)22(29)23-12-17-7-6-10-30-17/h4-11H,12-14H2,1-3H3,(H,23,29). The Morgan fingerprint density at radius 2 is 1.94 bits per heavy atom. The van der Waals surface area contributed by atoms with E-state index in [0.717, 1.165) is 11.4 Å². The summed E-state index contributed by atoms with van der Waals surface area (Å²) in [7, 11) is 1.52. The van der Waals surface area contributed by atoms with Crippen LogP contribution in [0.4, 0.5) is 5.69 Å². The van der Waals surface area contributed by atoms with Crippen molar-refractivity contribution in [2.24, 2.45) is 0 Å². The molecule has 0 saturated heterocycles. The van der Waals surface area contributed by atoms with Gasteiger partial charge in [0.15, 0.2) is 6.61 Å². The predicted molar refractivity (Wildman–Crippen MR) is 112 cm³/mol. The number of benzene rings is 1. The van der Waals surface area contributed by atoms with Gasteiger partial charge in [-0.25, -0.2) is 0 Å². The highest BCUT2D eigenvalue weighted by atomic mass is 16.5. The number of hydrogen-bond acceptors (Lipinski definition) is 6. The number of rotatable bonds is 8. The Bertz CT molecular complexity index is 1070. The van der Waals surface area contributed by atoms with Gasteiger partial charge in [-0.3, -0.25) is 19.1 Å². The lowest BCUT2D eigenvalue weighted by molar-refractivity contribution is -0.148. The summed E-state index contributed by atoms with van der Waals surface area (Å²) in [5.74, 6) is -0.775. The van der Waals surface area contributed by atoms with Gasteiger partial charge in [-0.1, -0.05) is 12.1 Å². The van der Waals surface area contributed by atoms with Gasteiger partial charge < -0.3 is 19.4 Å². The van der Waals surface area contributed by atoms with Gasteiger partial charge in [-0.2, -0.15) is 5.10 Å². The van der Waals surface area contributed by atoms with Crippen LogP contribution >= 0.6 is 0 Å². The van der Waals surface area contributed by atoms with Crippen LogP contribution in [-0.4, -0.2) is 41.2 Å². The van der Waals surface area contributed by atoms with Gasteiger partial charge in [0.1, 0.15) is 12.3 Å². The Hall–Kier alpha value is -3.88. The van der Waals surface area contributed by atoms with Crippen LogP contribution in [0.3, 0.4) is 0 Å². The van der Waals surface area contributed by atoms with Crippen LogP contribution in [0, 0.1) is 13.8 Å². The first-order chi connectivity index (χ1) is 14.8. The molecule has 9 nitrogen and oxygen atoms in total. The normalized spacial score (nSPS) is 10.5. The molecule has 2 heterocycles. The SMILES string of the molecule is Cc1cc(C)n(CC(=O)OCC(=O)N(C)c2ccccc2C(=O)NCc2ccco2)n1. The minimum Gasteiger partial charge on any atom is -0.467 e. The number of furan rings is 1. The number of esters is 1. The highest BCUT2D eigenvalue weighted by molar-refractivity contribution is 6.05. The van der Waals surface area contributed by atoms with Crippen LogP contribution in [0.2, 0.25) is 0 Å². The number of nitrogens with one attached hydrogen (secondary N) is 1. The Morgan fingerprint density at radius 3 is 2.61 bits per heavy atom. The van der Waals surface area contributed by atoms with E-state index < -0.39 is 18.5 Å². The molecule has 0 aliphatic carbocycles. The smallest absolute Gasteiger partial charge is 0.328 e. The molecule has 31 heavy (non-hydrogen) atoms. The van der Waals surface area contributed by atoms with Gasteiger partial charge in [0.25, 0.3) is 11.8 Å². The van der Waals surface area contributed by atoms with Crippen molar-refractivity contribution in [2.45, 2.75) is 26.9 Å². The third kappa shape index (κ3) is 5.59. The first kappa shape index (κ1) is 21.8. The van der Waals surface area contributed by atoms with Crippen LogP contribution in [-0.2, 0) is 27.4 Å². The van der Waals surface area contributed by atoms with Crippen LogP contribution < -0.4 is 10.2 Å². The molecule has 0 radical (unpaired) electrons. The first-order valence-electron chi connectivity index (χ1n) is 9.68. The first-order valence-corrected chi connectivity index (χ1v) is 9.68. The molecule has 0 aliphatic rings. The fourth-order valence-electron chi connectivity index (χ4n) is 3.01. The van der Waals surface area contributed by atoms with E-state index in [9.17, 15) is 14.4 Å². The summed E-state index contributed by atoms with van der Waals surface area (Å²) in [5, 5.41) is 6.95. The minimum absolute atomic E-state index is 0.0809. The Labute approximate surface area is 179 Å². The monoisotopic (exact) mass is 424 g/mol. The van der Waals surface area contributed by atoms with E-state index in [1.807, 2.05) is 19.9 Å². The summed E-state index contributed by atoms with van der Waals surface area (Å²) >= 11 is 0. The van der Waals surface area contributed by atoms with Crippen LogP contribution in [0.15, 0.2) is 53.1 Å². The summed E-state index contributed by atoms with van der Waals surface area (Å²) in [6.07, 6.45) is 1.53. The average molecular weight is 424 g/mol. The molecule has 0 bridgehead atoms. The molecule has 0 saturated carbocycles. The van der Waals surface area contributed by atoms with Crippen molar-refractivity contribution in [1.29, 1.82) is 0 Å². The van der Waals surface area contributed by atoms with E-state index in [2.05, 4.69) is 10.4 Å². The molecule has 0 atom stereocenters. The molecule has 2 amide bonds. The number of anilines is 1. The number of carbonyl (C=O) groups excluding carboxylic acids is 3. The largest absolute Gasteiger partial charge is 0.467 e. The summed E-state index contributed by atoms with van der Waals surface area (Å²) in [6, 6.07) is 12.0. The van der Waals surface area contributed by atoms with Gasteiger partial charge in [0.05, 0.1) is 29.8 Å². The zero-order valence-electron chi connectivity index (χ0n) is 17.6. The van der Waals surface area contributed by atoms with E-state index in [0.29, 0.717) is 17.0 Å². The number of nitrogens with zero attached hydrogens (tertiary/aromatic N) is 3. The van der Waals surface area contributed by atoms with Crippen molar-refractivity contribution in [1.82, 2.24) is 15.1 Å². The van der Waals surface area contributed by atoms with Crippen molar-refractivity contribution >= 4 is 23.5 Å². The molecule has 0 spiro atoms. The number of carbonyl (C=O) groups is 3. The number of aryl methyl sites for hydroxylation is 2. The minimum atomic E-state index is -0.572. The van der Waals surface area contributed by atoms with Crippen molar-refractivity contribution in [3.8, 4) is 0 Å². The molecule has 1 aromatic carbocycles. The average Bonchev–Trinajstić information content (AvgIpc) is 3.39. The quantitative estimate of drug-likeness (QED) is 0.556.